The molecule has 1 fully saturated rings. The monoisotopic (exact) mass is 377 g/mol. The highest BCUT2D eigenvalue weighted by Gasteiger charge is 2.24. The number of benzene rings is 1. The van der Waals surface area contributed by atoms with Crippen LogP contribution < -0.4 is 5.32 Å². The Morgan fingerprint density at radius 1 is 1.45 bits per heavy atom. The highest BCUT2D eigenvalue weighted by atomic mass is 79.9. The molecule has 0 spiro atoms. The SMILES string of the molecule is CCCNC(Cc1ccc(F)c(Br)c1)C1CSCCS1. The first-order chi connectivity index (χ1) is 9.70. The smallest absolute Gasteiger partial charge is 0.137 e. The largest absolute Gasteiger partial charge is 0.313 e. The number of hydrogen-bond acceptors (Lipinski definition) is 3. The van der Waals surface area contributed by atoms with Crippen LogP contribution in [0.25, 0.3) is 0 Å². The van der Waals surface area contributed by atoms with Crippen molar-refractivity contribution < 1.29 is 4.39 Å². The van der Waals surface area contributed by atoms with Gasteiger partial charge in [-0.2, -0.15) is 23.5 Å². The summed E-state index contributed by atoms with van der Waals surface area (Å²) < 4.78 is 13.9. The lowest BCUT2D eigenvalue weighted by Gasteiger charge is -2.30. The quantitative estimate of drug-likeness (QED) is 0.791. The van der Waals surface area contributed by atoms with E-state index in [1.807, 2.05) is 12.1 Å². The molecule has 0 amide bonds. The van der Waals surface area contributed by atoms with Crippen molar-refractivity contribution in [1.29, 1.82) is 0 Å². The maximum Gasteiger partial charge on any atom is 0.137 e. The minimum Gasteiger partial charge on any atom is -0.313 e. The molecule has 20 heavy (non-hydrogen) atoms. The van der Waals surface area contributed by atoms with Gasteiger partial charge in [0.2, 0.25) is 0 Å². The van der Waals surface area contributed by atoms with Gasteiger partial charge in [0.25, 0.3) is 0 Å². The number of nitrogens with one attached hydrogen (secondary N) is 1. The molecule has 2 atom stereocenters. The fourth-order valence-corrected chi connectivity index (χ4v) is 5.64. The van der Waals surface area contributed by atoms with Gasteiger partial charge in [-0.3, -0.25) is 0 Å². The molecule has 1 nitrogen and oxygen atoms in total. The van der Waals surface area contributed by atoms with E-state index in [1.165, 1.54) is 22.8 Å². The lowest BCUT2D eigenvalue weighted by atomic mass is 10.0. The predicted octanol–water partition coefficient (Wildman–Crippen LogP) is 4.35. The second-order valence-corrected chi connectivity index (χ2v) is 8.35. The van der Waals surface area contributed by atoms with Crippen LogP contribution in [0.4, 0.5) is 4.39 Å². The molecule has 1 aromatic carbocycles. The summed E-state index contributed by atoms with van der Waals surface area (Å²) in [6.45, 7) is 3.25. The average molecular weight is 378 g/mol. The van der Waals surface area contributed by atoms with Crippen LogP contribution in [0, 0.1) is 5.82 Å². The zero-order valence-corrected chi connectivity index (χ0v) is 14.9. The Morgan fingerprint density at radius 3 is 2.95 bits per heavy atom. The third-order valence-electron chi connectivity index (χ3n) is 3.39. The molecule has 5 heteroatoms. The van der Waals surface area contributed by atoms with Crippen molar-refractivity contribution in [1.82, 2.24) is 5.32 Å². The lowest BCUT2D eigenvalue weighted by molar-refractivity contribution is 0.505. The van der Waals surface area contributed by atoms with Gasteiger partial charge in [-0.25, -0.2) is 4.39 Å². The van der Waals surface area contributed by atoms with Gasteiger partial charge in [0.15, 0.2) is 0 Å². The van der Waals surface area contributed by atoms with Crippen molar-refractivity contribution in [2.24, 2.45) is 0 Å². The van der Waals surface area contributed by atoms with Crippen molar-refractivity contribution in [2.45, 2.75) is 31.1 Å². The van der Waals surface area contributed by atoms with E-state index in [-0.39, 0.29) is 5.82 Å². The molecule has 1 aliphatic heterocycles. The van der Waals surface area contributed by atoms with E-state index in [4.69, 9.17) is 0 Å². The van der Waals surface area contributed by atoms with E-state index in [1.54, 1.807) is 6.07 Å². The predicted molar refractivity (Wildman–Crippen MR) is 93.5 cm³/mol. The molecule has 1 aromatic rings. The maximum absolute atomic E-state index is 13.3. The molecule has 0 saturated carbocycles. The fourth-order valence-electron chi connectivity index (χ4n) is 2.32. The van der Waals surface area contributed by atoms with Crippen LogP contribution in [0.2, 0.25) is 0 Å². The van der Waals surface area contributed by atoms with Crippen LogP contribution in [0.15, 0.2) is 22.7 Å². The summed E-state index contributed by atoms with van der Waals surface area (Å²) in [6, 6.07) is 5.85. The third kappa shape index (κ3) is 4.93. The molecule has 1 N–H and O–H groups in total. The summed E-state index contributed by atoms with van der Waals surface area (Å²) in [5, 5.41) is 4.34. The van der Waals surface area contributed by atoms with Crippen LogP contribution in [0.5, 0.6) is 0 Å². The van der Waals surface area contributed by atoms with Crippen LogP contribution in [-0.4, -0.2) is 35.1 Å². The molecule has 1 heterocycles. The summed E-state index contributed by atoms with van der Waals surface area (Å²) in [5.41, 5.74) is 1.20. The molecule has 1 aliphatic rings. The lowest BCUT2D eigenvalue weighted by Crippen LogP contribution is -2.43. The standard InChI is InChI=1S/C15H21BrFNS2/c1-2-5-18-14(15-10-19-6-7-20-15)9-11-3-4-13(17)12(16)8-11/h3-4,8,14-15,18H,2,5-7,9-10H2,1H3. The molecular formula is C15H21BrFNS2. The zero-order chi connectivity index (χ0) is 14.4. The molecule has 1 saturated heterocycles. The Labute approximate surface area is 138 Å². The molecular weight excluding hydrogens is 357 g/mol. The van der Waals surface area contributed by atoms with Gasteiger partial charge < -0.3 is 5.32 Å². The molecule has 2 rings (SSSR count). The van der Waals surface area contributed by atoms with Crippen molar-refractivity contribution >= 4 is 39.5 Å². The Hall–Kier alpha value is 0.290. The highest BCUT2D eigenvalue weighted by Crippen LogP contribution is 2.28. The Bertz CT molecular complexity index is 424. The van der Waals surface area contributed by atoms with Crippen molar-refractivity contribution in [3.63, 3.8) is 0 Å². The Kier molecular flexibility index (Phi) is 7.22. The summed E-state index contributed by atoms with van der Waals surface area (Å²) >= 11 is 7.41. The van der Waals surface area contributed by atoms with Gasteiger partial charge in [-0.15, -0.1) is 0 Å². The molecule has 0 radical (unpaired) electrons. The summed E-state index contributed by atoms with van der Waals surface area (Å²) in [5.74, 6) is 3.54. The van der Waals surface area contributed by atoms with Crippen LogP contribution in [0.1, 0.15) is 18.9 Å². The maximum atomic E-state index is 13.3. The van der Waals surface area contributed by atoms with Gasteiger partial charge in [-0.1, -0.05) is 13.0 Å². The van der Waals surface area contributed by atoms with Gasteiger partial charge >= 0.3 is 0 Å². The summed E-state index contributed by atoms with van der Waals surface area (Å²) in [7, 11) is 0. The number of halogens is 2. The first-order valence-electron chi connectivity index (χ1n) is 7.07. The van der Waals surface area contributed by atoms with Crippen molar-refractivity contribution in [2.75, 3.05) is 23.8 Å². The van der Waals surface area contributed by atoms with Crippen molar-refractivity contribution in [3.05, 3.63) is 34.1 Å². The van der Waals surface area contributed by atoms with Gasteiger partial charge in [-0.05, 0) is 53.0 Å². The van der Waals surface area contributed by atoms with E-state index >= 15 is 0 Å². The van der Waals surface area contributed by atoms with E-state index in [0.29, 0.717) is 15.8 Å². The van der Waals surface area contributed by atoms with Crippen LogP contribution >= 0.6 is 39.5 Å². The summed E-state index contributed by atoms with van der Waals surface area (Å²) in [6.07, 6.45) is 2.12. The average Bonchev–Trinajstić information content (AvgIpc) is 2.48. The fraction of sp³-hybridized carbons (Fsp3) is 0.600. The Balaban J connectivity index is 2.03. The second kappa shape index (κ2) is 8.66. The first kappa shape index (κ1) is 16.7. The van der Waals surface area contributed by atoms with Gasteiger partial charge in [0, 0.05) is 28.6 Å². The highest BCUT2D eigenvalue weighted by molar-refractivity contribution is 9.10. The van der Waals surface area contributed by atoms with Gasteiger partial charge in [0.1, 0.15) is 5.82 Å². The molecule has 112 valence electrons. The summed E-state index contributed by atoms with van der Waals surface area (Å²) in [4.78, 5) is 0. The zero-order valence-electron chi connectivity index (χ0n) is 11.7. The number of thioether (sulfide) groups is 2. The minimum absolute atomic E-state index is 0.186. The van der Waals surface area contributed by atoms with E-state index in [9.17, 15) is 4.39 Å². The third-order valence-corrected chi connectivity index (χ3v) is 6.91. The Morgan fingerprint density at radius 2 is 2.30 bits per heavy atom. The molecule has 0 bridgehead atoms. The molecule has 0 aromatic heterocycles. The van der Waals surface area contributed by atoms with E-state index < -0.39 is 0 Å². The molecule has 2 unspecified atom stereocenters. The minimum atomic E-state index is -0.186. The van der Waals surface area contributed by atoms with E-state index in [0.717, 1.165) is 19.4 Å². The van der Waals surface area contributed by atoms with Gasteiger partial charge in [0.05, 0.1) is 4.47 Å². The topological polar surface area (TPSA) is 12.0 Å². The van der Waals surface area contributed by atoms with Crippen molar-refractivity contribution in [3.8, 4) is 0 Å². The molecule has 0 aliphatic carbocycles. The normalized spacial score (nSPS) is 20.9. The van der Waals surface area contributed by atoms with Crippen LogP contribution in [0.3, 0.4) is 0 Å². The van der Waals surface area contributed by atoms with Crippen LogP contribution in [-0.2, 0) is 6.42 Å². The number of rotatable bonds is 6. The van der Waals surface area contributed by atoms with E-state index in [2.05, 4.69) is 51.7 Å². The first-order valence-corrected chi connectivity index (χ1v) is 10.1. The number of hydrogen-bond donors (Lipinski definition) is 1. The second-order valence-electron chi connectivity index (χ2n) is 5.00.